The molecule has 0 aliphatic carbocycles. The molecular formula is C22H15N. The zero-order valence-electron chi connectivity index (χ0n) is 12.6. The first-order valence-electron chi connectivity index (χ1n) is 7.89. The van der Waals surface area contributed by atoms with E-state index in [-0.39, 0.29) is 0 Å². The molecule has 0 saturated heterocycles. The number of rotatable bonds is 1. The average molecular weight is 293 g/mol. The summed E-state index contributed by atoms with van der Waals surface area (Å²) in [6, 6.07) is 30.1. The van der Waals surface area contributed by atoms with E-state index in [4.69, 9.17) is 0 Å². The van der Waals surface area contributed by atoms with E-state index >= 15 is 0 Å². The van der Waals surface area contributed by atoms with E-state index in [9.17, 15) is 0 Å². The van der Waals surface area contributed by atoms with Crippen LogP contribution in [0.3, 0.4) is 0 Å². The van der Waals surface area contributed by atoms with Gasteiger partial charge in [0.05, 0.1) is 0 Å². The van der Waals surface area contributed by atoms with Gasteiger partial charge in [0.2, 0.25) is 0 Å². The van der Waals surface area contributed by atoms with Gasteiger partial charge in [-0.1, -0.05) is 72.8 Å². The molecule has 0 bridgehead atoms. The Morgan fingerprint density at radius 3 is 2.22 bits per heavy atom. The van der Waals surface area contributed by atoms with Gasteiger partial charge in [0, 0.05) is 21.8 Å². The Morgan fingerprint density at radius 2 is 1.30 bits per heavy atom. The third-order valence-corrected chi connectivity index (χ3v) is 4.60. The molecule has 4 aromatic carbocycles. The molecule has 0 unspecified atom stereocenters. The lowest BCUT2D eigenvalue weighted by Crippen LogP contribution is -1.80. The Hall–Kier alpha value is -3.06. The second-order valence-electron chi connectivity index (χ2n) is 5.93. The minimum absolute atomic E-state index is 1.19. The van der Waals surface area contributed by atoms with E-state index in [1.165, 1.54) is 43.7 Å². The molecule has 1 N–H and O–H groups in total. The van der Waals surface area contributed by atoms with Gasteiger partial charge in [-0.3, -0.25) is 0 Å². The van der Waals surface area contributed by atoms with Gasteiger partial charge in [0.1, 0.15) is 0 Å². The molecule has 0 atom stereocenters. The molecule has 0 radical (unpaired) electrons. The molecule has 0 amide bonds. The molecule has 1 aromatic heterocycles. The van der Waals surface area contributed by atoms with Crippen molar-refractivity contribution >= 4 is 32.6 Å². The lowest BCUT2D eigenvalue weighted by molar-refractivity contribution is 1.55. The molecule has 1 heterocycles. The fourth-order valence-electron chi connectivity index (χ4n) is 3.57. The topological polar surface area (TPSA) is 15.8 Å². The van der Waals surface area contributed by atoms with Crippen molar-refractivity contribution in [3.63, 3.8) is 0 Å². The summed E-state index contributed by atoms with van der Waals surface area (Å²) in [5, 5.41) is 5.21. The molecule has 108 valence electrons. The number of aromatic nitrogens is 1. The van der Waals surface area contributed by atoms with E-state index in [1.54, 1.807) is 0 Å². The van der Waals surface area contributed by atoms with Crippen LogP contribution >= 0.6 is 0 Å². The van der Waals surface area contributed by atoms with Crippen molar-refractivity contribution in [3.05, 3.63) is 84.9 Å². The fraction of sp³-hybridized carbons (Fsp3) is 0. The van der Waals surface area contributed by atoms with Crippen LogP contribution < -0.4 is 0 Å². The number of aromatic amines is 1. The van der Waals surface area contributed by atoms with Crippen molar-refractivity contribution in [3.8, 4) is 11.1 Å². The summed E-state index contributed by atoms with van der Waals surface area (Å²) < 4.78 is 0. The molecule has 0 spiro atoms. The maximum absolute atomic E-state index is 3.58. The third kappa shape index (κ3) is 1.80. The van der Waals surface area contributed by atoms with Gasteiger partial charge in [-0.05, 0) is 34.0 Å². The van der Waals surface area contributed by atoms with Crippen LogP contribution in [0.1, 0.15) is 0 Å². The number of nitrogens with one attached hydrogen (secondary N) is 1. The number of benzene rings is 4. The summed E-state index contributed by atoms with van der Waals surface area (Å²) in [7, 11) is 0. The minimum Gasteiger partial charge on any atom is -0.354 e. The first kappa shape index (κ1) is 12.5. The Bertz CT molecular complexity index is 1150. The van der Waals surface area contributed by atoms with E-state index < -0.39 is 0 Å². The van der Waals surface area contributed by atoms with Crippen LogP contribution in [0.2, 0.25) is 0 Å². The van der Waals surface area contributed by atoms with Gasteiger partial charge in [-0.15, -0.1) is 0 Å². The largest absolute Gasteiger partial charge is 0.354 e. The lowest BCUT2D eigenvalue weighted by Gasteiger charge is -2.06. The summed E-state index contributed by atoms with van der Waals surface area (Å²) in [4.78, 5) is 3.58. The van der Waals surface area contributed by atoms with Crippen molar-refractivity contribution in [1.29, 1.82) is 0 Å². The number of hydrogen-bond donors (Lipinski definition) is 1. The van der Waals surface area contributed by atoms with Gasteiger partial charge >= 0.3 is 0 Å². The monoisotopic (exact) mass is 293 g/mol. The predicted molar refractivity (Wildman–Crippen MR) is 98.7 cm³/mol. The summed E-state index contributed by atoms with van der Waals surface area (Å²) in [6.45, 7) is 0. The normalized spacial score (nSPS) is 11.5. The second-order valence-corrected chi connectivity index (χ2v) is 5.93. The summed E-state index contributed by atoms with van der Waals surface area (Å²) >= 11 is 0. The van der Waals surface area contributed by atoms with Crippen LogP contribution in [0.5, 0.6) is 0 Å². The molecule has 0 aliphatic heterocycles. The van der Waals surface area contributed by atoms with Crippen molar-refractivity contribution in [2.24, 2.45) is 0 Å². The molecule has 0 aliphatic rings. The van der Waals surface area contributed by atoms with Crippen LogP contribution in [0.15, 0.2) is 84.9 Å². The van der Waals surface area contributed by atoms with Crippen molar-refractivity contribution in [1.82, 2.24) is 4.98 Å². The van der Waals surface area contributed by atoms with Crippen molar-refractivity contribution in [2.75, 3.05) is 0 Å². The standard InChI is InChI=1S/C22H15N/c1-2-7-15(8-3-1)18-11-6-12-19-21(18)22-17-10-5-4-9-16(17)13-14-20(22)23-19/h1-14,23H. The van der Waals surface area contributed by atoms with Crippen molar-refractivity contribution < 1.29 is 0 Å². The van der Waals surface area contributed by atoms with Gasteiger partial charge in [-0.2, -0.15) is 0 Å². The van der Waals surface area contributed by atoms with Crippen LogP contribution in [-0.4, -0.2) is 4.98 Å². The van der Waals surface area contributed by atoms with Crippen LogP contribution in [0.4, 0.5) is 0 Å². The molecule has 23 heavy (non-hydrogen) atoms. The van der Waals surface area contributed by atoms with E-state index in [0.717, 1.165) is 0 Å². The molecule has 0 fully saturated rings. The smallest absolute Gasteiger partial charge is 0.0471 e. The molecule has 1 heteroatoms. The zero-order valence-corrected chi connectivity index (χ0v) is 12.6. The Labute approximate surface area is 134 Å². The van der Waals surface area contributed by atoms with Gasteiger partial charge in [0.25, 0.3) is 0 Å². The lowest BCUT2D eigenvalue weighted by atomic mass is 9.97. The second kappa shape index (κ2) is 4.72. The Kier molecular flexibility index (Phi) is 2.56. The quantitative estimate of drug-likeness (QED) is 0.382. The highest BCUT2D eigenvalue weighted by Crippen LogP contribution is 2.37. The average Bonchev–Trinajstić information content (AvgIpc) is 3.01. The first-order valence-corrected chi connectivity index (χ1v) is 7.89. The van der Waals surface area contributed by atoms with Crippen molar-refractivity contribution in [2.45, 2.75) is 0 Å². The highest BCUT2D eigenvalue weighted by atomic mass is 14.7. The third-order valence-electron chi connectivity index (χ3n) is 4.60. The van der Waals surface area contributed by atoms with Crippen LogP contribution in [0, 0.1) is 0 Å². The predicted octanol–water partition coefficient (Wildman–Crippen LogP) is 6.14. The highest BCUT2D eigenvalue weighted by Gasteiger charge is 2.12. The van der Waals surface area contributed by atoms with Crippen LogP contribution in [-0.2, 0) is 0 Å². The summed E-state index contributed by atoms with van der Waals surface area (Å²) in [5.74, 6) is 0. The minimum atomic E-state index is 1.19. The molecule has 0 saturated carbocycles. The molecule has 5 aromatic rings. The Morgan fingerprint density at radius 1 is 0.522 bits per heavy atom. The maximum atomic E-state index is 3.58. The highest BCUT2D eigenvalue weighted by molar-refractivity contribution is 6.23. The van der Waals surface area contributed by atoms with E-state index in [2.05, 4.69) is 89.9 Å². The fourth-order valence-corrected chi connectivity index (χ4v) is 3.57. The van der Waals surface area contributed by atoms with Gasteiger partial charge in [-0.25, -0.2) is 0 Å². The maximum Gasteiger partial charge on any atom is 0.0471 e. The zero-order chi connectivity index (χ0) is 15.2. The van der Waals surface area contributed by atoms with Gasteiger partial charge < -0.3 is 4.98 Å². The first-order chi connectivity index (χ1) is 11.4. The summed E-state index contributed by atoms with van der Waals surface area (Å²) in [6.07, 6.45) is 0. The van der Waals surface area contributed by atoms with E-state index in [0.29, 0.717) is 0 Å². The number of fused-ring (bicyclic) bond motifs is 5. The molecular weight excluding hydrogens is 278 g/mol. The molecule has 5 rings (SSSR count). The van der Waals surface area contributed by atoms with Crippen LogP contribution in [0.25, 0.3) is 43.7 Å². The molecule has 1 nitrogen and oxygen atoms in total. The number of hydrogen-bond acceptors (Lipinski definition) is 0. The van der Waals surface area contributed by atoms with Gasteiger partial charge in [0.15, 0.2) is 0 Å². The Balaban J connectivity index is 2.03. The van der Waals surface area contributed by atoms with E-state index in [1.807, 2.05) is 0 Å². The summed E-state index contributed by atoms with van der Waals surface area (Å²) in [5.41, 5.74) is 4.93. The SMILES string of the molecule is c1ccc(-c2cccc3[nH]c4ccc5ccccc5c4c23)cc1. The number of H-pyrrole nitrogens is 1.